The van der Waals surface area contributed by atoms with E-state index in [-0.39, 0.29) is 18.2 Å². The fraction of sp³-hybridized carbons (Fsp3) is 0.611. The van der Waals surface area contributed by atoms with Crippen molar-refractivity contribution in [2.24, 2.45) is 0 Å². The number of hydrogen-bond acceptors (Lipinski definition) is 5. The standard InChI is InChI=1S/C18H27N3O4/c1-19-16(22)12-18(24-2)13-21(10-11-25-14-18)17(23)5-3-4-15-6-8-20-9-7-15/h6-9H,3-5,10-14H2,1-2H3,(H,19,22)/t18-/m0/s1. The summed E-state index contributed by atoms with van der Waals surface area (Å²) in [5, 5.41) is 2.61. The zero-order chi connectivity index (χ0) is 18.1. The summed E-state index contributed by atoms with van der Waals surface area (Å²) in [5.41, 5.74) is 0.380. The number of pyridine rings is 1. The normalized spacial score (nSPS) is 20.8. The molecule has 2 heterocycles. The van der Waals surface area contributed by atoms with Crippen molar-refractivity contribution in [2.75, 3.05) is 40.5 Å². The molecule has 1 saturated heterocycles. The molecular weight excluding hydrogens is 322 g/mol. The second-order valence-electron chi connectivity index (χ2n) is 6.31. The van der Waals surface area contributed by atoms with E-state index >= 15 is 0 Å². The fourth-order valence-electron chi connectivity index (χ4n) is 2.95. The number of aromatic nitrogens is 1. The van der Waals surface area contributed by atoms with Crippen LogP contribution < -0.4 is 5.32 Å². The Balaban J connectivity index is 1.91. The maximum Gasteiger partial charge on any atom is 0.222 e. The lowest BCUT2D eigenvalue weighted by atomic mass is 9.98. The third-order valence-corrected chi connectivity index (χ3v) is 4.50. The van der Waals surface area contributed by atoms with E-state index in [0.717, 1.165) is 12.8 Å². The second kappa shape index (κ2) is 9.48. The zero-order valence-electron chi connectivity index (χ0n) is 15.0. The van der Waals surface area contributed by atoms with Crippen LogP contribution >= 0.6 is 0 Å². The van der Waals surface area contributed by atoms with Crippen molar-refractivity contribution < 1.29 is 19.1 Å². The largest absolute Gasteiger partial charge is 0.377 e. The molecule has 7 nitrogen and oxygen atoms in total. The lowest BCUT2D eigenvalue weighted by molar-refractivity contribution is -0.140. The Kier molecular flexibility index (Phi) is 7.33. The minimum atomic E-state index is -0.794. The first-order chi connectivity index (χ1) is 12.1. The van der Waals surface area contributed by atoms with Crippen LogP contribution in [0.2, 0.25) is 0 Å². The van der Waals surface area contributed by atoms with E-state index < -0.39 is 5.60 Å². The molecule has 0 aliphatic carbocycles. The first-order valence-electron chi connectivity index (χ1n) is 8.59. The summed E-state index contributed by atoms with van der Waals surface area (Å²) in [7, 11) is 3.15. The average molecular weight is 349 g/mol. The molecule has 1 aromatic heterocycles. The monoisotopic (exact) mass is 349 g/mol. The predicted molar refractivity (Wildman–Crippen MR) is 93.0 cm³/mol. The molecule has 2 amide bonds. The number of aryl methyl sites for hydroxylation is 1. The Morgan fingerprint density at radius 3 is 2.84 bits per heavy atom. The molecule has 0 spiro atoms. The third kappa shape index (κ3) is 5.79. The van der Waals surface area contributed by atoms with E-state index in [1.54, 1.807) is 31.5 Å². The highest BCUT2D eigenvalue weighted by Crippen LogP contribution is 2.21. The Hall–Kier alpha value is -1.99. The van der Waals surface area contributed by atoms with Gasteiger partial charge in [0.25, 0.3) is 0 Å². The molecule has 2 rings (SSSR count). The minimum Gasteiger partial charge on any atom is -0.377 e. The van der Waals surface area contributed by atoms with Crippen molar-refractivity contribution in [1.82, 2.24) is 15.2 Å². The predicted octanol–water partition coefficient (Wildman–Crippen LogP) is 0.784. The molecule has 1 N–H and O–H groups in total. The summed E-state index contributed by atoms with van der Waals surface area (Å²) < 4.78 is 11.2. The van der Waals surface area contributed by atoms with Gasteiger partial charge in [-0.2, -0.15) is 0 Å². The van der Waals surface area contributed by atoms with Gasteiger partial charge in [0.15, 0.2) is 0 Å². The van der Waals surface area contributed by atoms with Crippen LogP contribution in [-0.4, -0.2) is 67.8 Å². The number of amides is 2. The summed E-state index contributed by atoms with van der Waals surface area (Å²) in [6, 6.07) is 3.92. The first-order valence-corrected chi connectivity index (χ1v) is 8.59. The van der Waals surface area contributed by atoms with Crippen LogP contribution in [-0.2, 0) is 25.5 Å². The number of carbonyl (C=O) groups excluding carboxylic acids is 2. The molecule has 0 bridgehead atoms. The van der Waals surface area contributed by atoms with Gasteiger partial charge in [-0.15, -0.1) is 0 Å². The quantitative estimate of drug-likeness (QED) is 0.787. The topological polar surface area (TPSA) is 80.8 Å². The van der Waals surface area contributed by atoms with Gasteiger partial charge in [0.1, 0.15) is 5.60 Å². The van der Waals surface area contributed by atoms with Crippen LogP contribution in [0.4, 0.5) is 0 Å². The Labute approximate surface area is 148 Å². The fourth-order valence-corrected chi connectivity index (χ4v) is 2.95. The van der Waals surface area contributed by atoms with E-state index in [1.807, 2.05) is 12.1 Å². The van der Waals surface area contributed by atoms with E-state index in [1.165, 1.54) is 5.56 Å². The van der Waals surface area contributed by atoms with Crippen LogP contribution in [0.25, 0.3) is 0 Å². The molecule has 0 saturated carbocycles. The van der Waals surface area contributed by atoms with Crippen molar-refractivity contribution in [2.45, 2.75) is 31.3 Å². The molecule has 138 valence electrons. The number of carbonyl (C=O) groups is 2. The zero-order valence-corrected chi connectivity index (χ0v) is 15.0. The highest BCUT2D eigenvalue weighted by molar-refractivity contribution is 5.78. The summed E-state index contributed by atoms with van der Waals surface area (Å²) in [5.74, 6) is -0.0599. The number of hydrogen-bond donors (Lipinski definition) is 1. The Morgan fingerprint density at radius 1 is 1.40 bits per heavy atom. The van der Waals surface area contributed by atoms with Crippen LogP contribution in [0.5, 0.6) is 0 Å². The SMILES string of the molecule is CNC(=O)C[C@@]1(OC)COCCN(C(=O)CCCc2ccncc2)C1. The number of nitrogens with one attached hydrogen (secondary N) is 1. The lowest BCUT2D eigenvalue weighted by Crippen LogP contribution is -2.50. The molecule has 1 atom stereocenters. The molecule has 1 aliphatic rings. The molecule has 7 heteroatoms. The molecule has 1 aromatic rings. The average Bonchev–Trinajstić information content (AvgIpc) is 2.85. The summed E-state index contributed by atoms with van der Waals surface area (Å²) in [6.45, 7) is 1.64. The third-order valence-electron chi connectivity index (χ3n) is 4.50. The maximum absolute atomic E-state index is 12.6. The van der Waals surface area contributed by atoms with Crippen molar-refractivity contribution in [3.05, 3.63) is 30.1 Å². The Morgan fingerprint density at radius 2 is 2.16 bits per heavy atom. The lowest BCUT2D eigenvalue weighted by Gasteiger charge is -2.33. The van der Waals surface area contributed by atoms with E-state index in [9.17, 15) is 9.59 Å². The smallest absolute Gasteiger partial charge is 0.222 e. The van der Waals surface area contributed by atoms with Gasteiger partial charge in [-0.3, -0.25) is 14.6 Å². The van der Waals surface area contributed by atoms with Gasteiger partial charge in [0.2, 0.25) is 11.8 Å². The van der Waals surface area contributed by atoms with Crippen LogP contribution in [0, 0.1) is 0 Å². The highest BCUT2D eigenvalue weighted by Gasteiger charge is 2.38. The van der Waals surface area contributed by atoms with Gasteiger partial charge in [-0.25, -0.2) is 0 Å². The van der Waals surface area contributed by atoms with Gasteiger partial charge in [0, 0.05) is 39.5 Å². The van der Waals surface area contributed by atoms with E-state index in [2.05, 4.69) is 10.3 Å². The van der Waals surface area contributed by atoms with Gasteiger partial charge < -0.3 is 19.7 Å². The molecular formula is C18H27N3O4. The number of rotatable bonds is 7. The van der Waals surface area contributed by atoms with Crippen LogP contribution in [0.15, 0.2) is 24.5 Å². The first kappa shape index (κ1) is 19.3. The molecule has 25 heavy (non-hydrogen) atoms. The molecule has 1 aliphatic heterocycles. The highest BCUT2D eigenvalue weighted by atomic mass is 16.5. The van der Waals surface area contributed by atoms with Gasteiger partial charge >= 0.3 is 0 Å². The molecule has 0 unspecified atom stereocenters. The van der Waals surface area contributed by atoms with Gasteiger partial charge in [-0.05, 0) is 30.5 Å². The maximum atomic E-state index is 12.6. The second-order valence-corrected chi connectivity index (χ2v) is 6.31. The van der Waals surface area contributed by atoms with Crippen molar-refractivity contribution in [3.8, 4) is 0 Å². The summed E-state index contributed by atoms with van der Waals surface area (Å²) in [6.07, 6.45) is 5.76. The van der Waals surface area contributed by atoms with Gasteiger partial charge in [-0.1, -0.05) is 0 Å². The minimum absolute atomic E-state index is 0.0675. The van der Waals surface area contributed by atoms with Crippen LogP contribution in [0.1, 0.15) is 24.8 Å². The Bertz CT molecular complexity index is 567. The van der Waals surface area contributed by atoms with Crippen molar-refractivity contribution in [3.63, 3.8) is 0 Å². The van der Waals surface area contributed by atoms with Gasteiger partial charge in [0.05, 0.1) is 26.2 Å². The number of nitrogens with zero attached hydrogens (tertiary/aromatic N) is 2. The molecule has 1 fully saturated rings. The summed E-state index contributed by atoms with van der Waals surface area (Å²) in [4.78, 5) is 30.2. The molecule has 0 radical (unpaired) electrons. The van der Waals surface area contributed by atoms with E-state index in [0.29, 0.717) is 32.7 Å². The van der Waals surface area contributed by atoms with Crippen LogP contribution in [0.3, 0.4) is 0 Å². The number of methoxy groups -OCH3 is 1. The van der Waals surface area contributed by atoms with Crippen molar-refractivity contribution in [1.29, 1.82) is 0 Å². The van der Waals surface area contributed by atoms with E-state index in [4.69, 9.17) is 9.47 Å². The molecule has 0 aromatic carbocycles. The number of ether oxygens (including phenoxy) is 2. The summed E-state index contributed by atoms with van der Waals surface area (Å²) >= 11 is 0. The van der Waals surface area contributed by atoms with Crippen molar-refractivity contribution >= 4 is 11.8 Å².